The van der Waals surface area contributed by atoms with E-state index in [-0.39, 0.29) is 34.3 Å². The van der Waals surface area contributed by atoms with Crippen molar-refractivity contribution in [2.24, 2.45) is 0 Å². The van der Waals surface area contributed by atoms with Gasteiger partial charge in [-0.15, -0.1) is 0 Å². The normalized spacial score (nSPS) is 12.2. The molecule has 2 N–H and O–H groups in total. The fraction of sp³-hybridized carbons (Fsp3) is 0.391. The fourth-order valence-electron chi connectivity index (χ4n) is 2.97. The summed E-state index contributed by atoms with van der Waals surface area (Å²) in [4.78, 5) is 42.3. The Hall–Kier alpha value is -2.89. The number of pyridine rings is 1. The fourth-order valence-corrected chi connectivity index (χ4v) is 3.87. The number of anilines is 1. The third kappa shape index (κ3) is 7.81. The predicted molar refractivity (Wildman–Crippen MR) is 139 cm³/mol. The van der Waals surface area contributed by atoms with Gasteiger partial charge in [0, 0.05) is 11.8 Å². The van der Waals surface area contributed by atoms with Gasteiger partial charge in [0.1, 0.15) is 6.04 Å². The molecule has 10 nitrogen and oxygen atoms in total. The second kappa shape index (κ2) is 14.0. The van der Waals surface area contributed by atoms with E-state index in [2.05, 4.69) is 15.6 Å². The lowest BCUT2D eigenvalue weighted by Gasteiger charge is -2.21. The van der Waals surface area contributed by atoms with E-state index in [9.17, 15) is 14.4 Å². The molecule has 0 radical (unpaired) electrons. The summed E-state index contributed by atoms with van der Waals surface area (Å²) in [7, 11) is 4.30. The number of carbonyl (C=O) groups is 3. The molecule has 2 amide bonds. The third-order valence-electron chi connectivity index (χ3n) is 4.84. The number of rotatable bonds is 12. The summed E-state index contributed by atoms with van der Waals surface area (Å²) >= 11 is 13.3. The van der Waals surface area contributed by atoms with Crippen LogP contribution in [0.3, 0.4) is 0 Å². The van der Waals surface area contributed by atoms with Gasteiger partial charge in [0.05, 0.1) is 31.4 Å². The molecule has 36 heavy (non-hydrogen) atoms. The van der Waals surface area contributed by atoms with Crippen LogP contribution in [0.4, 0.5) is 5.82 Å². The molecular weight excluding hydrogens is 533 g/mol. The molecule has 0 aliphatic heterocycles. The van der Waals surface area contributed by atoms with Crippen molar-refractivity contribution in [3.8, 4) is 17.2 Å². The molecule has 0 aliphatic rings. The van der Waals surface area contributed by atoms with Crippen LogP contribution >= 0.6 is 35.0 Å². The SMILES string of the molecule is COc1cc(C(=O)N[C@@H](CCSC)C(=O)O[C@@H](C)C(=O)Nc2ncc(Cl)cc2Cl)cc(OC)c1OC. The van der Waals surface area contributed by atoms with Gasteiger partial charge in [-0.2, -0.15) is 11.8 Å². The summed E-state index contributed by atoms with van der Waals surface area (Å²) in [5.74, 6) is -0.474. The molecule has 0 saturated carbocycles. The highest BCUT2D eigenvalue weighted by atomic mass is 35.5. The minimum atomic E-state index is -1.19. The van der Waals surface area contributed by atoms with Crippen LogP contribution in [0.15, 0.2) is 24.4 Å². The van der Waals surface area contributed by atoms with Crippen LogP contribution in [0.2, 0.25) is 10.0 Å². The maximum Gasteiger partial charge on any atom is 0.329 e. The summed E-state index contributed by atoms with van der Waals surface area (Å²) in [6.45, 7) is 1.39. The Labute approximate surface area is 223 Å². The number of esters is 1. The molecule has 0 fully saturated rings. The zero-order valence-corrected chi connectivity index (χ0v) is 22.7. The lowest BCUT2D eigenvalue weighted by atomic mass is 10.1. The number of hydrogen-bond acceptors (Lipinski definition) is 9. The van der Waals surface area contributed by atoms with E-state index in [1.165, 1.54) is 64.4 Å². The lowest BCUT2D eigenvalue weighted by Crippen LogP contribution is -2.44. The van der Waals surface area contributed by atoms with Gasteiger partial charge < -0.3 is 29.6 Å². The molecule has 0 unspecified atom stereocenters. The van der Waals surface area contributed by atoms with E-state index in [0.29, 0.717) is 16.5 Å². The third-order valence-corrected chi connectivity index (χ3v) is 5.98. The molecule has 2 rings (SSSR count). The first kappa shape index (κ1) is 29.3. The van der Waals surface area contributed by atoms with Crippen molar-refractivity contribution in [1.82, 2.24) is 10.3 Å². The van der Waals surface area contributed by atoms with Crippen molar-refractivity contribution < 1.29 is 33.3 Å². The number of aromatic nitrogens is 1. The van der Waals surface area contributed by atoms with E-state index in [4.69, 9.17) is 42.1 Å². The standard InChI is InChI=1S/C23H27Cl2N3O7S/c1-12(21(29)28-20-15(25)10-14(24)11-26-20)35-23(31)16(6-7-36-5)27-22(30)13-8-17(32-2)19(34-4)18(9-13)33-3/h8-12,16H,6-7H2,1-5H3,(H,27,30)(H,26,28,29)/t12-,16-/m0/s1. The number of methoxy groups -OCH3 is 3. The second-order valence-corrected chi connectivity index (χ2v) is 9.10. The maximum absolute atomic E-state index is 13.0. The van der Waals surface area contributed by atoms with Crippen molar-refractivity contribution in [3.05, 3.63) is 40.0 Å². The van der Waals surface area contributed by atoms with E-state index in [1.807, 2.05) is 6.26 Å². The average Bonchev–Trinajstić information content (AvgIpc) is 2.86. The van der Waals surface area contributed by atoms with Gasteiger partial charge in [0.15, 0.2) is 23.4 Å². The van der Waals surface area contributed by atoms with Crippen molar-refractivity contribution in [1.29, 1.82) is 0 Å². The van der Waals surface area contributed by atoms with Crippen molar-refractivity contribution in [2.45, 2.75) is 25.5 Å². The van der Waals surface area contributed by atoms with Gasteiger partial charge in [-0.05, 0) is 43.6 Å². The lowest BCUT2D eigenvalue weighted by molar-refractivity contribution is -0.155. The van der Waals surface area contributed by atoms with Gasteiger partial charge in [-0.3, -0.25) is 9.59 Å². The van der Waals surface area contributed by atoms with E-state index in [1.54, 1.807) is 0 Å². The topological polar surface area (TPSA) is 125 Å². The minimum absolute atomic E-state index is 0.0728. The van der Waals surface area contributed by atoms with Crippen molar-refractivity contribution >= 4 is 58.6 Å². The van der Waals surface area contributed by atoms with Gasteiger partial charge in [-0.1, -0.05) is 23.2 Å². The molecule has 2 atom stereocenters. The first-order valence-corrected chi connectivity index (χ1v) is 12.7. The maximum atomic E-state index is 13.0. The summed E-state index contributed by atoms with van der Waals surface area (Å²) in [5, 5.41) is 5.57. The quantitative estimate of drug-likeness (QED) is 0.373. The summed E-state index contributed by atoms with van der Waals surface area (Å²) in [6, 6.07) is 3.33. The molecule has 1 aromatic heterocycles. The number of carbonyl (C=O) groups excluding carboxylic acids is 3. The highest BCUT2D eigenvalue weighted by Crippen LogP contribution is 2.38. The number of nitrogens with one attached hydrogen (secondary N) is 2. The molecule has 0 aliphatic carbocycles. The summed E-state index contributed by atoms with van der Waals surface area (Å²) in [5.41, 5.74) is 0.181. The first-order valence-electron chi connectivity index (χ1n) is 10.6. The van der Waals surface area contributed by atoms with Crippen LogP contribution < -0.4 is 24.8 Å². The van der Waals surface area contributed by atoms with E-state index < -0.39 is 29.9 Å². The minimum Gasteiger partial charge on any atom is -0.493 e. The largest absolute Gasteiger partial charge is 0.493 e. The van der Waals surface area contributed by atoms with Gasteiger partial charge in [0.25, 0.3) is 11.8 Å². The Morgan fingerprint density at radius 2 is 1.69 bits per heavy atom. The summed E-state index contributed by atoms with van der Waals surface area (Å²) in [6.07, 6.45) is 2.26. The van der Waals surface area contributed by atoms with Crippen LogP contribution in [0.5, 0.6) is 17.2 Å². The Morgan fingerprint density at radius 3 is 2.22 bits per heavy atom. The van der Waals surface area contributed by atoms with Crippen molar-refractivity contribution in [2.75, 3.05) is 38.7 Å². The van der Waals surface area contributed by atoms with Crippen LogP contribution in [0.25, 0.3) is 0 Å². The highest BCUT2D eigenvalue weighted by molar-refractivity contribution is 7.98. The number of ether oxygens (including phenoxy) is 4. The Bertz CT molecular complexity index is 1080. The number of thioether (sulfide) groups is 1. The summed E-state index contributed by atoms with van der Waals surface area (Å²) < 4.78 is 21.2. The number of nitrogens with zero attached hydrogens (tertiary/aromatic N) is 1. The molecule has 0 spiro atoms. The van der Waals surface area contributed by atoms with Crippen LogP contribution in [0, 0.1) is 0 Å². The Kier molecular flexibility index (Phi) is 11.4. The van der Waals surface area contributed by atoms with Gasteiger partial charge >= 0.3 is 5.97 Å². The first-order chi connectivity index (χ1) is 17.1. The molecular formula is C23H27Cl2N3O7S. The zero-order chi connectivity index (χ0) is 26.8. The van der Waals surface area contributed by atoms with Crippen LogP contribution in [-0.4, -0.2) is 68.3 Å². The van der Waals surface area contributed by atoms with E-state index in [0.717, 1.165) is 0 Å². The van der Waals surface area contributed by atoms with E-state index >= 15 is 0 Å². The smallest absolute Gasteiger partial charge is 0.329 e. The van der Waals surface area contributed by atoms with Gasteiger partial charge in [0.2, 0.25) is 5.75 Å². The number of amides is 2. The Balaban J connectivity index is 2.14. The molecule has 196 valence electrons. The number of benzene rings is 1. The molecule has 13 heteroatoms. The average molecular weight is 560 g/mol. The molecule has 0 saturated heterocycles. The Morgan fingerprint density at radius 1 is 1.06 bits per heavy atom. The predicted octanol–water partition coefficient (Wildman–Crippen LogP) is 3.84. The number of hydrogen-bond donors (Lipinski definition) is 2. The number of halogens is 2. The highest BCUT2D eigenvalue weighted by Gasteiger charge is 2.28. The molecule has 2 aromatic rings. The molecule has 0 bridgehead atoms. The molecule has 1 heterocycles. The molecule has 1 aromatic carbocycles. The zero-order valence-electron chi connectivity index (χ0n) is 20.3. The van der Waals surface area contributed by atoms with Crippen LogP contribution in [-0.2, 0) is 14.3 Å². The monoisotopic (exact) mass is 559 g/mol. The second-order valence-electron chi connectivity index (χ2n) is 7.27. The van der Waals surface area contributed by atoms with Crippen molar-refractivity contribution in [3.63, 3.8) is 0 Å². The van der Waals surface area contributed by atoms with Crippen LogP contribution in [0.1, 0.15) is 23.7 Å². The van der Waals surface area contributed by atoms with Gasteiger partial charge in [-0.25, -0.2) is 9.78 Å².